The third-order valence-corrected chi connectivity index (χ3v) is 4.45. The van der Waals surface area contributed by atoms with E-state index in [1.165, 1.54) is 9.58 Å². The number of nitrogens with two attached hydrogens (primary N) is 1. The lowest BCUT2D eigenvalue weighted by atomic mass is 10.5. The molecule has 110 valence electrons. The third-order valence-electron chi connectivity index (χ3n) is 2.40. The van der Waals surface area contributed by atoms with Gasteiger partial charge in [0.15, 0.2) is 20.6 Å². The van der Waals surface area contributed by atoms with Gasteiger partial charge in [0.25, 0.3) is 0 Å². The first-order chi connectivity index (χ1) is 8.43. The van der Waals surface area contributed by atoms with E-state index in [0.717, 1.165) is 12.5 Å². The molecule has 0 aliphatic heterocycles. The van der Waals surface area contributed by atoms with Crippen LogP contribution in [0.3, 0.4) is 0 Å². The van der Waals surface area contributed by atoms with Crippen LogP contribution in [0.2, 0.25) is 0 Å². The van der Waals surface area contributed by atoms with Crippen molar-refractivity contribution >= 4 is 31.3 Å². The second-order valence-electron chi connectivity index (χ2n) is 4.56. The van der Waals surface area contributed by atoms with Crippen molar-refractivity contribution in [3.63, 3.8) is 0 Å². The van der Waals surface area contributed by atoms with Gasteiger partial charge < -0.3 is 10.6 Å². The third kappa shape index (κ3) is 3.83. The van der Waals surface area contributed by atoms with Gasteiger partial charge >= 0.3 is 0 Å². The number of nitrogens with zero attached hydrogens (tertiary/aromatic N) is 3. The quantitative estimate of drug-likeness (QED) is 0.740. The Labute approximate surface area is 113 Å². The van der Waals surface area contributed by atoms with Crippen molar-refractivity contribution in [1.29, 1.82) is 0 Å². The Bertz CT molecular complexity index is 673. The van der Waals surface area contributed by atoms with Crippen LogP contribution in [0.4, 0.5) is 11.6 Å². The molecule has 1 heterocycles. The van der Waals surface area contributed by atoms with Crippen molar-refractivity contribution in [3.05, 3.63) is 0 Å². The first-order valence-electron chi connectivity index (χ1n) is 5.35. The molecule has 0 aliphatic carbocycles. The van der Waals surface area contributed by atoms with Gasteiger partial charge in [-0.1, -0.05) is 0 Å². The summed E-state index contributed by atoms with van der Waals surface area (Å²) in [5, 5.41) is 4.05. The van der Waals surface area contributed by atoms with Crippen LogP contribution in [0, 0.1) is 0 Å². The second kappa shape index (κ2) is 5.00. The Hall–Kier alpha value is -1.29. The molecule has 2 N–H and O–H groups in total. The first-order valence-corrected chi connectivity index (χ1v) is 9.30. The summed E-state index contributed by atoms with van der Waals surface area (Å²) >= 11 is 0. The van der Waals surface area contributed by atoms with Gasteiger partial charge in [-0.15, -0.1) is 0 Å². The van der Waals surface area contributed by atoms with E-state index in [1.54, 1.807) is 14.1 Å². The molecule has 0 atom stereocenters. The summed E-state index contributed by atoms with van der Waals surface area (Å²) < 4.78 is 46.9. The SMILES string of the molecule is CN(C)c1nn(CCS(C)(=O)=O)c(N)c1S(C)(=O)=O. The molecule has 0 fully saturated rings. The number of hydrogen-bond acceptors (Lipinski definition) is 7. The number of rotatable bonds is 5. The van der Waals surface area contributed by atoms with Crippen LogP contribution in [0.15, 0.2) is 4.90 Å². The van der Waals surface area contributed by atoms with Crippen molar-refractivity contribution in [3.8, 4) is 0 Å². The van der Waals surface area contributed by atoms with E-state index in [0.29, 0.717) is 0 Å². The Kier molecular flexibility index (Phi) is 4.15. The normalized spacial score (nSPS) is 12.6. The maximum absolute atomic E-state index is 11.7. The molecule has 0 saturated heterocycles. The maximum atomic E-state index is 11.7. The number of sulfone groups is 2. The fourth-order valence-electron chi connectivity index (χ4n) is 1.52. The number of anilines is 2. The molecule has 0 amide bonds. The largest absolute Gasteiger partial charge is 0.383 e. The highest BCUT2D eigenvalue weighted by Gasteiger charge is 2.25. The van der Waals surface area contributed by atoms with E-state index in [1.807, 2.05) is 0 Å². The van der Waals surface area contributed by atoms with Crippen LogP contribution in [-0.2, 0) is 26.2 Å². The Morgan fingerprint density at radius 2 is 1.74 bits per heavy atom. The minimum absolute atomic E-state index is 0.0149. The Morgan fingerprint density at radius 3 is 2.05 bits per heavy atom. The molecule has 0 unspecified atom stereocenters. The van der Waals surface area contributed by atoms with Gasteiger partial charge in [0, 0.05) is 26.6 Å². The zero-order valence-electron chi connectivity index (χ0n) is 11.3. The number of nitrogen functional groups attached to an aromatic ring is 1. The highest BCUT2D eigenvalue weighted by Crippen LogP contribution is 2.28. The second-order valence-corrected chi connectivity index (χ2v) is 8.77. The summed E-state index contributed by atoms with van der Waals surface area (Å²) in [6.45, 7) is 0.0149. The Balaban J connectivity index is 3.31. The molecule has 1 rings (SSSR count). The molecular formula is C9H18N4O4S2. The van der Waals surface area contributed by atoms with Crippen LogP contribution in [-0.4, -0.2) is 59.0 Å². The minimum Gasteiger partial charge on any atom is -0.383 e. The molecule has 0 spiro atoms. The van der Waals surface area contributed by atoms with E-state index in [-0.39, 0.29) is 28.8 Å². The lowest BCUT2D eigenvalue weighted by molar-refractivity contribution is 0.587. The molecule has 1 aromatic rings. The molecule has 0 bridgehead atoms. The predicted octanol–water partition coefficient (Wildman–Crippen LogP) is -1.02. The zero-order chi connectivity index (χ0) is 15.0. The topological polar surface area (TPSA) is 115 Å². The predicted molar refractivity (Wildman–Crippen MR) is 73.8 cm³/mol. The summed E-state index contributed by atoms with van der Waals surface area (Å²) in [5.74, 6) is -0.00191. The number of aromatic nitrogens is 2. The Morgan fingerprint density at radius 1 is 1.21 bits per heavy atom. The van der Waals surface area contributed by atoms with E-state index >= 15 is 0 Å². The lowest BCUT2D eigenvalue weighted by Crippen LogP contribution is -2.15. The van der Waals surface area contributed by atoms with Crippen LogP contribution < -0.4 is 10.6 Å². The standard InChI is InChI=1S/C9H18N4O4S2/c1-12(2)9-7(19(4,16)17)8(10)13(11-9)5-6-18(3,14)15/h5-6,10H2,1-4H3. The molecule has 10 heteroatoms. The summed E-state index contributed by atoms with van der Waals surface area (Å²) in [6, 6.07) is 0. The molecule has 8 nitrogen and oxygen atoms in total. The van der Waals surface area contributed by atoms with Crippen molar-refractivity contribution in [2.45, 2.75) is 11.4 Å². The fourth-order valence-corrected chi connectivity index (χ4v) is 3.06. The van der Waals surface area contributed by atoms with E-state index in [2.05, 4.69) is 5.10 Å². The first kappa shape index (κ1) is 15.8. The summed E-state index contributed by atoms with van der Waals surface area (Å²) in [4.78, 5) is 1.44. The fraction of sp³-hybridized carbons (Fsp3) is 0.667. The van der Waals surface area contributed by atoms with E-state index in [9.17, 15) is 16.8 Å². The lowest BCUT2D eigenvalue weighted by Gasteiger charge is -2.09. The monoisotopic (exact) mass is 310 g/mol. The molecule has 0 saturated carbocycles. The molecule has 1 aromatic heterocycles. The molecule has 0 aromatic carbocycles. The highest BCUT2D eigenvalue weighted by atomic mass is 32.2. The van der Waals surface area contributed by atoms with Crippen molar-refractivity contribution in [2.75, 3.05) is 43.0 Å². The van der Waals surface area contributed by atoms with Crippen LogP contribution in [0.25, 0.3) is 0 Å². The van der Waals surface area contributed by atoms with Gasteiger partial charge in [0.1, 0.15) is 15.7 Å². The van der Waals surface area contributed by atoms with E-state index in [4.69, 9.17) is 5.73 Å². The number of hydrogen-bond donors (Lipinski definition) is 1. The van der Waals surface area contributed by atoms with Crippen molar-refractivity contribution < 1.29 is 16.8 Å². The molecule has 0 aliphatic rings. The van der Waals surface area contributed by atoms with Crippen LogP contribution >= 0.6 is 0 Å². The van der Waals surface area contributed by atoms with Gasteiger partial charge in [0.05, 0.1) is 12.3 Å². The zero-order valence-corrected chi connectivity index (χ0v) is 12.9. The molecule has 19 heavy (non-hydrogen) atoms. The average Bonchev–Trinajstić information content (AvgIpc) is 2.51. The van der Waals surface area contributed by atoms with Gasteiger partial charge in [0.2, 0.25) is 0 Å². The average molecular weight is 310 g/mol. The maximum Gasteiger partial charge on any atom is 0.182 e. The van der Waals surface area contributed by atoms with Gasteiger partial charge in [-0.05, 0) is 0 Å². The smallest absolute Gasteiger partial charge is 0.182 e. The van der Waals surface area contributed by atoms with Gasteiger partial charge in [-0.3, -0.25) is 0 Å². The van der Waals surface area contributed by atoms with Crippen LogP contribution in [0.5, 0.6) is 0 Å². The summed E-state index contributed by atoms with van der Waals surface area (Å²) in [5.41, 5.74) is 5.76. The summed E-state index contributed by atoms with van der Waals surface area (Å²) in [7, 11) is -3.45. The number of aryl methyl sites for hydroxylation is 1. The minimum atomic E-state index is -3.54. The van der Waals surface area contributed by atoms with Crippen molar-refractivity contribution in [1.82, 2.24) is 9.78 Å². The van der Waals surface area contributed by atoms with Gasteiger partial charge in [-0.25, -0.2) is 21.5 Å². The van der Waals surface area contributed by atoms with Gasteiger partial charge in [-0.2, -0.15) is 5.10 Å². The molecular weight excluding hydrogens is 292 g/mol. The van der Waals surface area contributed by atoms with E-state index < -0.39 is 19.7 Å². The molecule has 0 radical (unpaired) electrons. The van der Waals surface area contributed by atoms with Crippen molar-refractivity contribution in [2.24, 2.45) is 0 Å². The van der Waals surface area contributed by atoms with Crippen LogP contribution in [0.1, 0.15) is 0 Å². The highest BCUT2D eigenvalue weighted by molar-refractivity contribution is 7.91. The summed E-state index contributed by atoms with van der Waals surface area (Å²) in [6.07, 6.45) is 2.13.